The molecule has 0 unspecified atom stereocenters. The Kier molecular flexibility index (Phi) is 2.25. The molecule has 1 aliphatic rings. The summed E-state index contributed by atoms with van der Waals surface area (Å²) in [5.41, 5.74) is 0.0732. The van der Waals surface area contributed by atoms with Gasteiger partial charge in [-0.25, -0.2) is 18.0 Å². The molecule has 0 aliphatic carbocycles. The van der Waals surface area contributed by atoms with Crippen molar-refractivity contribution < 1.29 is 27.3 Å². The van der Waals surface area contributed by atoms with Gasteiger partial charge in [-0.15, -0.1) is 0 Å². The Hall–Kier alpha value is -2.25. The van der Waals surface area contributed by atoms with Crippen LogP contribution in [0.3, 0.4) is 0 Å². The van der Waals surface area contributed by atoms with Gasteiger partial charge in [0.15, 0.2) is 0 Å². The molecule has 1 aliphatic heterocycles. The van der Waals surface area contributed by atoms with Crippen LogP contribution in [0.5, 0.6) is 0 Å². The van der Waals surface area contributed by atoms with Crippen LogP contribution in [0.4, 0.5) is 0 Å². The maximum atomic E-state index is 11.6. The van der Waals surface area contributed by atoms with Crippen LogP contribution in [-0.2, 0) is 14.9 Å². The fourth-order valence-corrected chi connectivity index (χ4v) is 2.60. The van der Waals surface area contributed by atoms with E-state index in [4.69, 9.17) is 0 Å². The number of hydrogen-bond acceptors (Lipinski definition) is 6. The van der Waals surface area contributed by atoms with Crippen molar-refractivity contribution in [3.8, 4) is 0 Å². The summed E-state index contributed by atoms with van der Waals surface area (Å²) in [6.07, 6.45) is 0. The fourth-order valence-electron chi connectivity index (χ4n) is 2.07. The highest BCUT2D eigenvalue weighted by Gasteiger charge is 2.28. The predicted octanol–water partition coefficient (Wildman–Crippen LogP) is 1.05. The van der Waals surface area contributed by atoms with E-state index in [1.54, 1.807) is 0 Å². The molecule has 0 saturated heterocycles. The molecular weight excluding hydrogens is 272 g/mol. The number of carbonyl (C=O) groups excluding carboxylic acids is 2. The van der Waals surface area contributed by atoms with Gasteiger partial charge in [0, 0.05) is 5.39 Å². The van der Waals surface area contributed by atoms with Crippen LogP contribution in [0.25, 0.3) is 10.8 Å². The van der Waals surface area contributed by atoms with Gasteiger partial charge in [-0.05, 0) is 23.6 Å². The average molecular weight is 277 g/mol. The van der Waals surface area contributed by atoms with Gasteiger partial charge in [0.25, 0.3) is 0 Å². The molecule has 0 radical (unpaired) electrons. The van der Waals surface area contributed by atoms with E-state index in [1.807, 2.05) is 0 Å². The van der Waals surface area contributed by atoms with Gasteiger partial charge in [0.2, 0.25) is 0 Å². The summed E-state index contributed by atoms with van der Waals surface area (Å²) in [6, 6.07) is 6.56. The van der Waals surface area contributed by atoms with E-state index in [2.05, 4.69) is 4.74 Å². The molecule has 0 aromatic heterocycles. The third-order valence-corrected chi connectivity index (χ3v) is 3.68. The number of carbonyl (C=O) groups is 2. The molecule has 0 fully saturated rings. The van der Waals surface area contributed by atoms with E-state index in [1.165, 1.54) is 18.2 Å². The molecular formula is C12H5O6S-. The lowest BCUT2D eigenvalue weighted by molar-refractivity contribution is 0.0391. The number of rotatable bonds is 1. The molecule has 0 amide bonds. The number of benzene rings is 2. The Balaban J connectivity index is 2.51. The lowest BCUT2D eigenvalue weighted by atomic mass is 9.97. The van der Waals surface area contributed by atoms with Gasteiger partial charge >= 0.3 is 11.9 Å². The average Bonchev–Trinajstić information content (AvgIpc) is 2.34. The van der Waals surface area contributed by atoms with Gasteiger partial charge in [0.1, 0.15) is 10.1 Å². The number of esters is 2. The molecule has 2 aromatic carbocycles. The first-order chi connectivity index (χ1) is 8.88. The molecule has 1 heterocycles. The van der Waals surface area contributed by atoms with E-state index < -0.39 is 27.0 Å². The summed E-state index contributed by atoms with van der Waals surface area (Å²) in [4.78, 5) is 22.6. The van der Waals surface area contributed by atoms with Crippen molar-refractivity contribution in [2.75, 3.05) is 0 Å². The summed E-state index contributed by atoms with van der Waals surface area (Å²) in [5.74, 6) is -1.75. The monoisotopic (exact) mass is 277 g/mol. The molecule has 96 valence electrons. The van der Waals surface area contributed by atoms with Crippen LogP contribution in [0, 0.1) is 0 Å². The first-order valence-electron chi connectivity index (χ1n) is 5.17. The number of ether oxygens (including phenoxy) is 1. The maximum absolute atomic E-state index is 11.6. The molecule has 2 aromatic rings. The molecule has 0 atom stereocenters. The molecule has 3 rings (SSSR count). The Morgan fingerprint density at radius 1 is 1.00 bits per heavy atom. The molecule has 6 nitrogen and oxygen atoms in total. The van der Waals surface area contributed by atoms with Crippen molar-refractivity contribution in [3.63, 3.8) is 0 Å². The van der Waals surface area contributed by atoms with Crippen LogP contribution in [-0.4, -0.2) is 24.9 Å². The normalized spacial score (nSPS) is 14.6. The molecule has 0 N–H and O–H groups in total. The largest absolute Gasteiger partial charge is 0.744 e. The van der Waals surface area contributed by atoms with Gasteiger partial charge in [-0.1, -0.05) is 12.1 Å². The van der Waals surface area contributed by atoms with E-state index in [-0.39, 0.29) is 11.1 Å². The highest BCUT2D eigenvalue weighted by molar-refractivity contribution is 7.85. The minimum atomic E-state index is -4.70. The number of hydrogen-bond donors (Lipinski definition) is 0. The van der Waals surface area contributed by atoms with Crippen molar-refractivity contribution >= 4 is 32.8 Å². The van der Waals surface area contributed by atoms with E-state index in [9.17, 15) is 22.6 Å². The Labute approximate surface area is 107 Å². The molecule has 0 bridgehead atoms. The Bertz CT molecular complexity index is 850. The Morgan fingerprint density at radius 2 is 1.68 bits per heavy atom. The van der Waals surface area contributed by atoms with Crippen LogP contribution in [0.15, 0.2) is 35.2 Å². The molecule has 7 heteroatoms. The van der Waals surface area contributed by atoms with Gasteiger partial charge in [-0.3, -0.25) is 0 Å². The maximum Gasteiger partial charge on any atom is 0.346 e. The fraction of sp³-hybridized carbons (Fsp3) is 0. The first kappa shape index (κ1) is 11.8. The standard InChI is InChI=1S/C12H6O6S/c13-11-8-3-1-2-6-4-7(19(15,16)17)5-9(10(6)8)12(14)18-11/h1-5H,(H,15,16,17)/p-1. The molecule has 19 heavy (non-hydrogen) atoms. The van der Waals surface area contributed by atoms with Crippen molar-refractivity contribution in [3.05, 3.63) is 41.5 Å². The number of cyclic esters (lactones) is 2. The first-order valence-corrected chi connectivity index (χ1v) is 6.58. The van der Waals surface area contributed by atoms with Crippen molar-refractivity contribution in [1.29, 1.82) is 0 Å². The summed E-state index contributed by atoms with van der Waals surface area (Å²) < 4.78 is 37.6. The summed E-state index contributed by atoms with van der Waals surface area (Å²) >= 11 is 0. The predicted molar refractivity (Wildman–Crippen MR) is 61.7 cm³/mol. The summed E-state index contributed by atoms with van der Waals surface area (Å²) in [6.45, 7) is 0. The highest BCUT2D eigenvalue weighted by Crippen LogP contribution is 2.31. The minimum absolute atomic E-state index is 0.0953. The third kappa shape index (κ3) is 1.71. The highest BCUT2D eigenvalue weighted by atomic mass is 32.2. The van der Waals surface area contributed by atoms with Crippen LogP contribution in [0.1, 0.15) is 20.7 Å². The molecule has 0 saturated carbocycles. The SMILES string of the molecule is O=C1OC(=O)c2cc(S(=O)(=O)[O-])cc3cccc1c23. The second-order valence-corrected chi connectivity index (χ2v) is 5.39. The van der Waals surface area contributed by atoms with E-state index >= 15 is 0 Å². The van der Waals surface area contributed by atoms with Gasteiger partial charge in [0.05, 0.1) is 16.0 Å². The van der Waals surface area contributed by atoms with E-state index in [0.717, 1.165) is 12.1 Å². The van der Waals surface area contributed by atoms with Crippen molar-refractivity contribution in [2.45, 2.75) is 4.90 Å². The van der Waals surface area contributed by atoms with Crippen LogP contribution < -0.4 is 0 Å². The van der Waals surface area contributed by atoms with Crippen molar-refractivity contribution in [1.82, 2.24) is 0 Å². The second-order valence-electron chi connectivity index (χ2n) is 4.01. The van der Waals surface area contributed by atoms with Crippen LogP contribution >= 0.6 is 0 Å². The van der Waals surface area contributed by atoms with Crippen molar-refractivity contribution in [2.24, 2.45) is 0 Å². The zero-order chi connectivity index (χ0) is 13.8. The second kappa shape index (κ2) is 3.62. The van der Waals surface area contributed by atoms with Crippen LogP contribution in [0.2, 0.25) is 0 Å². The summed E-state index contributed by atoms with van der Waals surface area (Å²) in [7, 11) is -4.70. The quantitative estimate of drug-likeness (QED) is 0.439. The zero-order valence-corrected chi connectivity index (χ0v) is 10.1. The van der Waals surface area contributed by atoms with Gasteiger partial charge < -0.3 is 9.29 Å². The zero-order valence-electron chi connectivity index (χ0n) is 9.24. The lowest BCUT2D eigenvalue weighted by Gasteiger charge is -2.17. The third-order valence-electron chi connectivity index (χ3n) is 2.86. The van der Waals surface area contributed by atoms with Gasteiger partial charge in [-0.2, -0.15) is 0 Å². The Morgan fingerprint density at radius 3 is 2.37 bits per heavy atom. The molecule has 0 spiro atoms. The lowest BCUT2D eigenvalue weighted by Crippen LogP contribution is -2.20. The smallest absolute Gasteiger partial charge is 0.346 e. The van der Waals surface area contributed by atoms with E-state index in [0.29, 0.717) is 10.8 Å². The summed E-state index contributed by atoms with van der Waals surface area (Å²) in [5, 5.41) is 0.630. The minimum Gasteiger partial charge on any atom is -0.744 e. The topological polar surface area (TPSA) is 101 Å².